The van der Waals surface area contributed by atoms with Gasteiger partial charge in [-0.2, -0.15) is 0 Å². The summed E-state index contributed by atoms with van der Waals surface area (Å²) in [6, 6.07) is 0. The number of amides is 1. The average Bonchev–Trinajstić information content (AvgIpc) is 3.11. The largest absolute Gasteiger partial charge is 0.341 e. The van der Waals surface area contributed by atoms with Crippen molar-refractivity contribution in [2.24, 2.45) is 5.92 Å². The number of imidazole rings is 1. The van der Waals surface area contributed by atoms with Crippen molar-refractivity contribution in [2.75, 3.05) is 32.7 Å². The van der Waals surface area contributed by atoms with Crippen molar-refractivity contribution < 1.29 is 4.79 Å². The van der Waals surface area contributed by atoms with Gasteiger partial charge in [0.15, 0.2) is 4.96 Å². The topological polar surface area (TPSA) is 40.9 Å². The quantitative estimate of drug-likeness (QED) is 0.841. The zero-order chi connectivity index (χ0) is 17.1. The molecule has 1 saturated heterocycles. The van der Waals surface area contributed by atoms with Gasteiger partial charge in [0, 0.05) is 44.0 Å². The summed E-state index contributed by atoms with van der Waals surface area (Å²) in [7, 11) is 0. The smallest absolute Gasteiger partial charge is 0.228 e. The lowest BCUT2D eigenvalue weighted by Gasteiger charge is -2.28. The maximum absolute atomic E-state index is 12.7. The van der Waals surface area contributed by atoms with E-state index in [9.17, 15) is 4.79 Å². The summed E-state index contributed by atoms with van der Waals surface area (Å²) in [6.45, 7) is 5.16. The summed E-state index contributed by atoms with van der Waals surface area (Å²) in [5.41, 5.74) is 0.889. The molecule has 0 spiro atoms. The van der Waals surface area contributed by atoms with E-state index < -0.39 is 0 Å². The molecular formula is C19H28N4OS. The monoisotopic (exact) mass is 360 g/mol. The SMILES string of the molecule is O=C(Cc1cn2ccsc2n1)N1CCCN(CC2CCCCC2)CC1. The normalized spacial score (nSPS) is 20.9. The van der Waals surface area contributed by atoms with E-state index in [1.165, 1.54) is 38.6 Å². The van der Waals surface area contributed by atoms with Crippen LogP contribution < -0.4 is 0 Å². The van der Waals surface area contributed by atoms with E-state index in [-0.39, 0.29) is 5.91 Å². The number of hydrogen-bond donors (Lipinski definition) is 0. The van der Waals surface area contributed by atoms with Crippen LogP contribution in [-0.2, 0) is 11.2 Å². The van der Waals surface area contributed by atoms with Gasteiger partial charge < -0.3 is 9.80 Å². The second-order valence-electron chi connectivity index (χ2n) is 7.54. The summed E-state index contributed by atoms with van der Waals surface area (Å²) in [4.78, 5) is 22.8. The minimum Gasteiger partial charge on any atom is -0.341 e. The molecule has 3 heterocycles. The Morgan fingerprint density at radius 1 is 1.12 bits per heavy atom. The van der Waals surface area contributed by atoms with Gasteiger partial charge in [-0.05, 0) is 31.7 Å². The van der Waals surface area contributed by atoms with Gasteiger partial charge in [0.25, 0.3) is 0 Å². The van der Waals surface area contributed by atoms with E-state index in [4.69, 9.17) is 0 Å². The molecule has 0 radical (unpaired) electrons. The zero-order valence-corrected chi connectivity index (χ0v) is 15.7. The summed E-state index contributed by atoms with van der Waals surface area (Å²) in [6.07, 6.45) is 12.5. The van der Waals surface area contributed by atoms with Crippen molar-refractivity contribution in [1.82, 2.24) is 19.2 Å². The average molecular weight is 361 g/mol. The summed E-state index contributed by atoms with van der Waals surface area (Å²) >= 11 is 1.61. The fourth-order valence-electron chi connectivity index (χ4n) is 4.27. The molecule has 4 rings (SSSR count). The van der Waals surface area contributed by atoms with E-state index in [1.54, 1.807) is 11.3 Å². The Balaban J connectivity index is 1.29. The molecule has 0 atom stereocenters. The van der Waals surface area contributed by atoms with Crippen LogP contribution in [0.1, 0.15) is 44.2 Å². The summed E-state index contributed by atoms with van der Waals surface area (Å²) in [5, 5.41) is 2.02. The Morgan fingerprint density at radius 3 is 2.84 bits per heavy atom. The molecule has 6 heteroatoms. The van der Waals surface area contributed by atoms with Crippen LogP contribution in [-0.4, -0.2) is 57.8 Å². The third-order valence-electron chi connectivity index (χ3n) is 5.66. The van der Waals surface area contributed by atoms with Crippen molar-refractivity contribution in [3.63, 3.8) is 0 Å². The van der Waals surface area contributed by atoms with E-state index in [0.29, 0.717) is 6.42 Å². The summed E-state index contributed by atoms with van der Waals surface area (Å²) < 4.78 is 2.00. The first kappa shape index (κ1) is 17.0. The Labute approximate surface area is 153 Å². The highest BCUT2D eigenvalue weighted by molar-refractivity contribution is 7.15. The Morgan fingerprint density at radius 2 is 2.00 bits per heavy atom. The molecule has 2 fully saturated rings. The van der Waals surface area contributed by atoms with Crippen molar-refractivity contribution >= 4 is 22.2 Å². The molecule has 0 bridgehead atoms. The maximum Gasteiger partial charge on any atom is 0.228 e. The van der Waals surface area contributed by atoms with Gasteiger partial charge in [-0.1, -0.05) is 19.3 Å². The number of rotatable bonds is 4. The van der Waals surface area contributed by atoms with Gasteiger partial charge in [0.2, 0.25) is 5.91 Å². The minimum atomic E-state index is 0.227. The van der Waals surface area contributed by atoms with Crippen LogP contribution in [0.2, 0.25) is 0 Å². The van der Waals surface area contributed by atoms with E-state index in [2.05, 4.69) is 9.88 Å². The predicted molar refractivity (Wildman–Crippen MR) is 101 cm³/mol. The van der Waals surface area contributed by atoms with Crippen molar-refractivity contribution in [3.05, 3.63) is 23.5 Å². The molecule has 136 valence electrons. The van der Waals surface area contributed by atoms with Crippen LogP contribution in [0.25, 0.3) is 4.96 Å². The number of thiazole rings is 1. The third kappa shape index (κ3) is 4.23. The van der Waals surface area contributed by atoms with Crippen molar-refractivity contribution in [2.45, 2.75) is 44.9 Å². The van der Waals surface area contributed by atoms with Crippen molar-refractivity contribution in [3.8, 4) is 0 Å². The van der Waals surface area contributed by atoms with E-state index in [1.807, 2.05) is 27.1 Å². The van der Waals surface area contributed by atoms with Gasteiger partial charge in [0.1, 0.15) is 0 Å². The molecule has 2 aromatic rings. The van der Waals surface area contributed by atoms with Crippen LogP contribution in [0.15, 0.2) is 17.8 Å². The predicted octanol–water partition coefficient (Wildman–Crippen LogP) is 3.05. The molecule has 0 unspecified atom stereocenters. The fraction of sp³-hybridized carbons (Fsp3) is 0.684. The second kappa shape index (κ2) is 7.87. The lowest BCUT2D eigenvalue weighted by atomic mass is 9.89. The highest BCUT2D eigenvalue weighted by Crippen LogP contribution is 2.24. The van der Waals surface area contributed by atoms with Crippen LogP contribution in [0.4, 0.5) is 0 Å². The summed E-state index contributed by atoms with van der Waals surface area (Å²) in [5.74, 6) is 1.11. The number of aromatic nitrogens is 2. The Bertz CT molecular complexity index is 675. The lowest BCUT2D eigenvalue weighted by molar-refractivity contribution is -0.130. The van der Waals surface area contributed by atoms with Crippen LogP contribution in [0.3, 0.4) is 0 Å². The van der Waals surface area contributed by atoms with Gasteiger partial charge >= 0.3 is 0 Å². The molecular weight excluding hydrogens is 332 g/mol. The van der Waals surface area contributed by atoms with Gasteiger partial charge in [-0.3, -0.25) is 9.20 Å². The first-order chi connectivity index (χ1) is 12.3. The molecule has 0 N–H and O–H groups in total. The Kier molecular flexibility index (Phi) is 5.36. The second-order valence-corrected chi connectivity index (χ2v) is 8.41. The van der Waals surface area contributed by atoms with Crippen LogP contribution in [0, 0.1) is 5.92 Å². The maximum atomic E-state index is 12.7. The molecule has 25 heavy (non-hydrogen) atoms. The third-order valence-corrected chi connectivity index (χ3v) is 6.43. The van der Waals surface area contributed by atoms with Crippen LogP contribution >= 0.6 is 11.3 Å². The van der Waals surface area contributed by atoms with Gasteiger partial charge in [0.05, 0.1) is 12.1 Å². The number of carbonyl (C=O) groups is 1. The first-order valence-electron chi connectivity index (χ1n) is 9.69. The molecule has 2 aliphatic rings. The van der Waals surface area contributed by atoms with Gasteiger partial charge in [-0.15, -0.1) is 11.3 Å². The highest BCUT2D eigenvalue weighted by Gasteiger charge is 2.22. The van der Waals surface area contributed by atoms with Crippen LogP contribution in [0.5, 0.6) is 0 Å². The molecule has 5 nitrogen and oxygen atoms in total. The fourth-order valence-corrected chi connectivity index (χ4v) is 4.98. The van der Waals surface area contributed by atoms with E-state index >= 15 is 0 Å². The lowest BCUT2D eigenvalue weighted by Crippen LogP contribution is -2.37. The minimum absolute atomic E-state index is 0.227. The van der Waals surface area contributed by atoms with Gasteiger partial charge in [-0.25, -0.2) is 4.98 Å². The molecule has 1 aliphatic heterocycles. The molecule has 2 aromatic heterocycles. The zero-order valence-electron chi connectivity index (χ0n) is 14.9. The standard InChI is InChI=1S/C19H28N4OS/c24-18(13-17-15-23-11-12-25-19(23)20-17)22-8-4-7-21(9-10-22)14-16-5-2-1-3-6-16/h11-12,15-16H,1-10,13-14H2. The first-order valence-corrected chi connectivity index (χ1v) is 10.6. The molecule has 1 aliphatic carbocycles. The molecule has 0 aromatic carbocycles. The Hall–Kier alpha value is -1.40. The number of nitrogens with zero attached hydrogens (tertiary/aromatic N) is 4. The highest BCUT2D eigenvalue weighted by atomic mass is 32.1. The molecule has 1 amide bonds. The molecule has 1 saturated carbocycles. The number of carbonyl (C=O) groups excluding carboxylic acids is 1. The van der Waals surface area contributed by atoms with E-state index in [0.717, 1.165) is 49.2 Å². The number of hydrogen-bond acceptors (Lipinski definition) is 4. The van der Waals surface area contributed by atoms with Crippen molar-refractivity contribution in [1.29, 1.82) is 0 Å². The number of fused-ring (bicyclic) bond motifs is 1.